The molecule has 0 aliphatic carbocycles. The van der Waals surface area contributed by atoms with Crippen LogP contribution in [0.1, 0.15) is 57.3 Å². The summed E-state index contributed by atoms with van der Waals surface area (Å²) in [5.41, 5.74) is -2.03. The first-order chi connectivity index (χ1) is 14.4. The van der Waals surface area contributed by atoms with Crippen molar-refractivity contribution >= 4 is 17.2 Å². The van der Waals surface area contributed by atoms with Crippen molar-refractivity contribution in [3.8, 4) is 0 Å². The molecule has 0 saturated carbocycles. The third-order valence-corrected chi connectivity index (χ3v) is 6.16. The Bertz CT molecular complexity index is 918. The average molecular weight is 465 g/mol. The molecule has 1 aromatic carbocycles. The number of halogens is 6. The second-order valence-electron chi connectivity index (χ2n) is 7.40. The van der Waals surface area contributed by atoms with E-state index < -0.39 is 40.4 Å². The topological polar surface area (TPSA) is 45.2 Å². The molecule has 0 radical (unpaired) electrons. The maximum absolute atomic E-state index is 13.4. The molecule has 1 aromatic heterocycles. The van der Waals surface area contributed by atoms with E-state index >= 15 is 0 Å². The van der Waals surface area contributed by atoms with E-state index in [1.807, 2.05) is 0 Å². The maximum atomic E-state index is 13.4. The molecular formula is C20H21F6N3OS. The lowest BCUT2D eigenvalue weighted by molar-refractivity contribution is -0.141. The molecule has 2 heterocycles. The Balaban J connectivity index is 1.76. The van der Waals surface area contributed by atoms with Gasteiger partial charge in [0.15, 0.2) is 5.69 Å². The van der Waals surface area contributed by atoms with Crippen LogP contribution in [0.2, 0.25) is 0 Å². The molecule has 1 saturated heterocycles. The monoisotopic (exact) mass is 465 g/mol. The SMILES string of the molecule is CC(NC(=O)c1sc(CCN2CCCC2)nc1C(F)(F)F)c1cccc(C(F)(F)F)c1. The first-order valence-corrected chi connectivity index (χ1v) is 10.5. The standard InChI is InChI=1S/C20H21F6N3OS/c1-12(13-5-4-6-14(11-13)19(21,22)23)27-18(30)16-17(20(24,25)26)28-15(31-16)7-10-29-8-2-3-9-29/h4-6,11-12H,2-3,7-10H2,1H3,(H,27,30). The van der Waals surface area contributed by atoms with Gasteiger partial charge in [-0.1, -0.05) is 12.1 Å². The molecule has 4 nitrogen and oxygen atoms in total. The smallest absolute Gasteiger partial charge is 0.345 e. The Morgan fingerprint density at radius 1 is 1.16 bits per heavy atom. The zero-order valence-electron chi connectivity index (χ0n) is 16.6. The van der Waals surface area contributed by atoms with Crippen LogP contribution in [0.5, 0.6) is 0 Å². The van der Waals surface area contributed by atoms with E-state index in [0.29, 0.717) is 24.3 Å². The molecule has 31 heavy (non-hydrogen) atoms. The van der Waals surface area contributed by atoms with Crippen LogP contribution in [0.15, 0.2) is 24.3 Å². The molecule has 11 heteroatoms. The summed E-state index contributed by atoms with van der Waals surface area (Å²) in [4.78, 5) is 17.8. The van der Waals surface area contributed by atoms with Crippen molar-refractivity contribution in [2.24, 2.45) is 0 Å². The Hall–Kier alpha value is -2.14. The first-order valence-electron chi connectivity index (χ1n) is 9.72. The molecule has 0 bridgehead atoms. The minimum absolute atomic E-state index is 0.135. The summed E-state index contributed by atoms with van der Waals surface area (Å²) >= 11 is 0.673. The van der Waals surface area contributed by atoms with Gasteiger partial charge in [0.25, 0.3) is 5.91 Å². The average Bonchev–Trinajstić information content (AvgIpc) is 3.35. The molecule has 170 valence electrons. The van der Waals surface area contributed by atoms with E-state index in [2.05, 4.69) is 15.2 Å². The Morgan fingerprint density at radius 3 is 2.45 bits per heavy atom. The third-order valence-electron chi connectivity index (χ3n) is 5.05. The molecule has 2 aromatic rings. The molecule has 1 atom stereocenters. The fourth-order valence-corrected chi connectivity index (χ4v) is 4.38. The van der Waals surface area contributed by atoms with Gasteiger partial charge < -0.3 is 10.2 Å². The summed E-state index contributed by atoms with van der Waals surface area (Å²) in [5, 5.41) is 2.57. The van der Waals surface area contributed by atoms with Gasteiger partial charge in [0.1, 0.15) is 4.88 Å². The zero-order valence-corrected chi connectivity index (χ0v) is 17.4. The Kier molecular flexibility index (Phi) is 6.95. The van der Waals surface area contributed by atoms with Crippen LogP contribution in [-0.4, -0.2) is 35.4 Å². The van der Waals surface area contributed by atoms with Crippen LogP contribution in [-0.2, 0) is 18.8 Å². The molecule has 1 aliphatic rings. The third kappa shape index (κ3) is 5.97. The van der Waals surface area contributed by atoms with Crippen LogP contribution in [0, 0.1) is 0 Å². The molecule has 1 fully saturated rings. The highest BCUT2D eigenvalue weighted by Gasteiger charge is 2.40. The molecule has 1 N–H and O–H groups in total. The quantitative estimate of drug-likeness (QED) is 0.588. The van der Waals surface area contributed by atoms with Crippen LogP contribution in [0.4, 0.5) is 26.3 Å². The number of nitrogens with one attached hydrogen (secondary N) is 1. The highest BCUT2D eigenvalue weighted by molar-refractivity contribution is 7.13. The lowest BCUT2D eigenvalue weighted by Crippen LogP contribution is -2.28. The van der Waals surface area contributed by atoms with Gasteiger partial charge in [0.05, 0.1) is 16.6 Å². The number of aromatic nitrogens is 1. The van der Waals surface area contributed by atoms with Gasteiger partial charge in [0.2, 0.25) is 0 Å². The van der Waals surface area contributed by atoms with Crippen LogP contribution in [0.25, 0.3) is 0 Å². The minimum Gasteiger partial charge on any atom is -0.345 e. The van der Waals surface area contributed by atoms with Crippen molar-refractivity contribution in [1.29, 1.82) is 0 Å². The number of hydrogen-bond donors (Lipinski definition) is 1. The normalized spacial score (nSPS) is 16.5. The van der Waals surface area contributed by atoms with E-state index in [9.17, 15) is 31.1 Å². The number of nitrogens with zero attached hydrogens (tertiary/aromatic N) is 2. The number of benzene rings is 1. The van der Waals surface area contributed by atoms with Gasteiger partial charge in [-0.3, -0.25) is 4.79 Å². The lowest BCUT2D eigenvalue weighted by Gasteiger charge is -2.16. The Labute approximate surface area is 179 Å². The number of amides is 1. The molecule has 3 rings (SSSR count). The largest absolute Gasteiger partial charge is 0.435 e. The maximum Gasteiger partial charge on any atom is 0.435 e. The number of hydrogen-bond acceptors (Lipinski definition) is 4. The van der Waals surface area contributed by atoms with Crippen LogP contribution < -0.4 is 5.32 Å². The van der Waals surface area contributed by atoms with Crippen molar-refractivity contribution < 1.29 is 31.1 Å². The number of likely N-dealkylation sites (tertiary alicyclic amines) is 1. The number of carbonyl (C=O) groups is 1. The van der Waals surface area contributed by atoms with E-state index in [1.165, 1.54) is 19.1 Å². The van der Waals surface area contributed by atoms with Gasteiger partial charge in [-0.15, -0.1) is 11.3 Å². The number of thiazole rings is 1. The molecular weight excluding hydrogens is 444 g/mol. The highest BCUT2D eigenvalue weighted by atomic mass is 32.1. The van der Waals surface area contributed by atoms with E-state index in [0.717, 1.165) is 38.1 Å². The highest BCUT2D eigenvalue weighted by Crippen LogP contribution is 2.35. The molecule has 0 spiro atoms. The molecule has 1 unspecified atom stereocenters. The van der Waals surface area contributed by atoms with E-state index in [1.54, 1.807) is 0 Å². The van der Waals surface area contributed by atoms with Gasteiger partial charge in [-0.2, -0.15) is 26.3 Å². The summed E-state index contributed by atoms with van der Waals surface area (Å²) in [7, 11) is 0. The molecule has 1 amide bonds. The number of carbonyl (C=O) groups excluding carboxylic acids is 1. The predicted molar refractivity (Wildman–Crippen MR) is 104 cm³/mol. The van der Waals surface area contributed by atoms with Gasteiger partial charge >= 0.3 is 12.4 Å². The number of rotatable bonds is 6. The van der Waals surface area contributed by atoms with Crippen LogP contribution >= 0.6 is 11.3 Å². The van der Waals surface area contributed by atoms with Gasteiger partial charge in [-0.05, 0) is 50.6 Å². The summed E-state index contributed by atoms with van der Waals surface area (Å²) in [6, 6.07) is 3.38. The minimum atomic E-state index is -4.81. The second-order valence-corrected chi connectivity index (χ2v) is 8.48. The van der Waals surface area contributed by atoms with Crippen LogP contribution in [0.3, 0.4) is 0 Å². The van der Waals surface area contributed by atoms with E-state index in [4.69, 9.17) is 0 Å². The van der Waals surface area contributed by atoms with Crippen molar-refractivity contribution in [3.05, 3.63) is 51.0 Å². The van der Waals surface area contributed by atoms with Crippen molar-refractivity contribution in [2.45, 2.75) is 44.6 Å². The van der Waals surface area contributed by atoms with Crippen molar-refractivity contribution in [2.75, 3.05) is 19.6 Å². The van der Waals surface area contributed by atoms with Crippen molar-refractivity contribution in [3.63, 3.8) is 0 Å². The fraction of sp³-hybridized carbons (Fsp3) is 0.500. The lowest BCUT2D eigenvalue weighted by atomic mass is 10.0. The number of alkyl halides is 6. The van der Waals surface area contributed by atoms with Gasteiger partial charge in [0, 0.05) is 13.0 Å². The molecule has 1 aliphatic heterocycles. The van der Waals surface area contributed by atoms with Crippen molar-refractivity contribution in [1.82, 2.24) is 15.2 Å². The second kappa shape index (κ2) is 9.15. The zero-order chi connectivity index (χ0) is 22.8. The summed E-state index contributed by atoms with van der Waals surface area (Å²) in [5.74, 6) is -1.01. The summed E-state index contributed by atoms with van der Waals surface area (Å²) in [6.45, 7) is 3.75. The fourth-order valence-electron chi connectivity index (χ4n) is 3.41. The Morgan fingerprint density at radius 2 is 1.84 bits per heavy atom. The first kappa shape index (κ1) is 23.5. The predicted octanol–water partition coefficient (Wildman–Crippen LogP) is 5.31. The summed E-state index contributed by atoms with van der Waals surface area (Å²) in [6.07, 6.45) is -6.98. The van der Waals surface area contributed by atoms with E-state index in [-0.39, 0.29) is 10.6 Å². The van der Waals surface area contributed by atoms with Gasteiger partial charge in [-0.25, -0.2) is 4.98 Å². The summed E-state index contributed by atoms with van der Waals surface area (Å²) < 4.78 is 79.0.